The normalized spacial score (nSPS) is 15.1. The summed E-state index contributed by atoms with van der Waals surface area (Å²) < 4.78 is 78.1. The molecule has 0 aliphatic heterocycles. The number of halogens is 5. The first-order chi connectivity index (χ1) is 18.4. The molecule has 6 nitrogen and oxygen atoms in total. The standard InChI is InChI=1S/C28H30F5N3O3/c1-16(34-18-8-4-5-9-18)14-36-26(37)24(19-10-6-13-23(39-3)25(19)30)17(2)35(27(36)38)15-20-21(28(31,32)33)11-7-12-22(20)29/h6-7,10-13,16,18,34H,4-5,8-9,14-15H2,1-3H3/t16-/m1/s1. The van der Waals surface area contributed by atoms with Crippen LogP contribution in [0.25, 0.3) is 11.1 Å². The summed E-state index contributed by atoms with van der Waals surface area (Å²) in [6.07, 6.45) is -0.864. The van der Waals surface area contributed by atoms with Crippen molar-refractivity contribution in [1.82, 2.24) is 14.5 Å². The summed E-state index contributed by atoms with van der Waals surface area (Å²) in [6, 6.07) is 6.53. The summed E-state index contributed by atoms with van der Waals surface area (Å²) in [6.45, 7) is 2.19. The second-order valence-electron chi connectivity index (χ2n) is 9.88. The lowest BCUT2D eigenvalue weighted by molar-refractivity contribution is -0.138. The van der Waals surface area contributed by atoms with Crippen molar-refractivity contribution in [2.45, 2.75) is 70.9 Å². The van der Waals surface area contributed by atoms with Crippen LogP contribution in [0.1, 0.15) is 49.4 Å². The third-order valence-electron chi connectivity index (χ3n) is 7.21. The van der Waals surface area contributed by atoms with Crippen LogP contribution in [0.2, 0.25) is 0 Å². The van der Waals surface area contributed by atoms with Crippen LogP contribution in [0.3, 0.4) is 0 Å². The van der Waals surface area contributed by atoms with Gasteiger partial charge >= 0.3 is 11.9 Å². The number of rotatable bonds is 8. The zero-order chi connectivity index (χ0) is 28.5. The Morgan fingerprint density at radius 3 is 2.36 bits per heavy atom. The Morgan fingerprint density at radius 2 is 1.72 bits per heavy atom. The molecule has 1 heterocycles. The van der Waals surface area contributed by atoms with Gasteiger partial charge in [0.1, 0.15) is 5.82 Å². The highest BCUT2D eigenvalue weighted by atomic mass is 19.4. The van der Waals surface area contributed by atoms with E-state index >= 15 is 4.39 Å². The van der Waals surface area contributed by atoms with Crippen molar-refractivity contribution in [2.24, 2.45) is 0 Å². The Kier molecular flexibility index (Phi) is 8.29. The van der Waals surface area contributed by atoms with Crippen molar-refractivity contribution in [3.63, 3.8) is 0 Å². The highest BCUT2D eigenvalue weighted by molar-refractivity contribution is 5.67. The van der Waals surface area contributed by atoms with Crippen LogP contribution in [0, 0.1) is 18.6 Å². The van der Waals surface area contributed by atoms with E-state index in [0.717, 1.165) is 53.0 Å². The minimum atomic E-state index is -4.88. The van der Waals surface area contributed by atoms with E-state index in [9.17, 15) is 27.2 Å². The minimum absolute atomic E-state index is 0.0961. The summed E-state index contributed by atoms with van der Waals surface area (Å²) in [5.41, 5.74) is -4.21. The van der Waals surface area contributed by atoms with Crippen LogP contribution in [0.15, 0.2) is 46.0 Å². The molecule has 0 saturated heterocycles. The van der Waals surface area contributed by atoms with Gasteiger partial charge in [0, 0.05) is 35.4 Å². The molecule has 3 aromatic rings. The molecule has 1 saturated carbocycles. The lowest BCUT2D eigenvalue weighted by Gasteiger charge is -2.23. The van der Waals surface area contributed by atoms with Gasteiger partial charge in [-0.05, 0) is 44.9 Å². The quantitative estimate of drug-likeness (QED) is 0.388. The second kappa shape index (κ2) is 11.3. The molecule has 2 aromatic carbocycles. The average Bonchev–Trinajstić information content (AvgIpc) is 3.38. The van der Waals surface area contributed by atoms with E-state index < -0.39 is 46.7 Å². The van der Waals surface area contributed by atoms with Gasteiger partial charge in [0.05, 0.1) is 24.8 Å². The van der Waals surface area contributed by atoms with Crippen LogP contribution in [0.4, 0.5) is 22.0 Å². The fraction of sp³-hybridized carbons (Fsp3) is 0.429. The van der Waals surface area contributed by atoms with Gasteiger partial charge in [0.15, 0.2) is 11.6 Å². The highest BCUT2D eigenvalue weighted by Crippen LogP contribution is 2.34. The van der Waals surface area contributed by atoms with Crippen LogP contribution in [-0.2, 0) is 19.3 Å². The predicted molar refractivity (Wildman–Crippen MR) is 137 cm³/mol. The number of methoxy groups -OCH3 is 1. The summed E-state index contributed by atoms with van der Waals surface area (Å²) in [4.78, 5) is 27.3. The van der Waals surface area contributed by atoms with Gasteiger partial charge in [0.2, 0.25) is 0 Å². The third kappa shape index (κ3) is 5.78. The number of nitrogens with zero attached hydrogens (tertiary/aromatic N) is 2. The van der Waals surface area contributed by atoms with E-state index in [1.165, 1.54) is 32.2 Å². The molecule has 1 aromatic heterocycles. The van der Waals surface area contributed by atoms with Crippen LogP contribution < -0.4 is 21.3 Å². The molecule has 210 valence electrons. The number of nitrogens with one attached hydrogen (secondary N) is 1. The Bertz CT molecular complexity index is 1470. The van der Waals surface area contributed by atoms with Gasteiger partial charge in [-0.3, -0.25) is 13.9 Å². The first kappa shape index (κ1) is 28.5. The third-order valence-corrected chi connectivity index (χ3v) is 7.21. The minimum Gasteiger partial charge on any atom is -0.494 e. The number of hydrogen-bond donors (Lipinski definition) is 1. The molecule has 1 aliphatic carbocycles. The van der Waals surface area contributed by atoms with E-state index in [0.29, 0.717) is 0 Å². The summed E-state index contributed by atoms with van der Waals surface area (Å²) in [5, 5.41) is 3.38. The van der Waals surface area contributed by atoms with Gasteiger partial charge < -0.3 is 10.1 Å². The van der Waals surface area contributed by atoms with Gasteiger partial charge in [-0.15, -0.1) is 0 Å². The molecule has 0 spiro atoms. The lowest BCUT2D eigenvalue weighted by atomic mass is 10.0. The SMILES string of the molecule is COc1cccc(-c2c(C)n(Cc3c(F)cccc3C(F)(F)F)c(=O)n(C[C@@H](C)NC3CCCC3)c2=O)c1F. The van der Waals surface area contributed by atoms with E-state index in [1.807, 2.05) is 0 Å². The molecule has 0 unspecified atom stereocenters. The largest absolute Gasteiger partial charge is 0.494 e. The van der Waals surface area contributed by atoms with Crippen LogP contribution in [0.5, 0.6) is 5.75 Å². The summed E-state index contributed by atoms with van der Waals surface area (Å²) in [7, 11) is 1.25. The molecule has 1 N–H and O–H groups in total. The van der Waals surface area contributed by atoms with Gasteiger partial charge in [0.25, 0.3) is 5.56 Å². The van der Waals surface area contributed by atoms with Crippen LogP contribution >= 0.6 is 0 Å². The summed E-state index contributed by atoms with van der Waals surface area (Å²) >= 11 is 0. The lowest BCUT2D eigenvalue weighted by Crippen LogP contribution is -2.47. The first-order valence-corrected chi connectivity index (χ1v) is 12.7. The van der Waals surface area contributed by atoms with Crippen molar-refractivity contribution in [1.29, 1.82) is 0 Å². The van der Waals surface area contributed by atoms with E-state index in [-0.39, 0.29) is 41.2 Å². The maximum absolute atomic E-state index is 15.3. The Hall–Kier alpha value is -3.47. The predicted octanol–water partition coefficient (Wildman–Crippen LogP) is 5.26. The number of hydrogen-bond acceptors (Lipinski definition) is 4. The number of alkyl halides is 3. The molecule has 0 bridgehead atoms. The van der Waals surface area contributed by atoms with E-state index in [4.69, 9.17) is 4.74 Å². The van der Waals surface area contributed by atoms with Crippen molar-refractivity contribution >= 4 is 0 Å². The second-order valence-corrected chi connectivity index (χ2v) is 9.88. The molecule has 11 heteroatoms. The molecule has 0 radical (unpaired) electrons. The van der Waals surface area contributed by atoms with Crippen molar-refractivity contribution in [3.05, 3.63) is 85.7 Å². The Balaban J connectivity index is 1.92. The average molecular weight is 552 g/mol. The van der Waals surface area contributed by atoms with E-state index in [2.05, 4.69) is 5.32 Å². The first-order valence-electron chi connectivity index (χ1n) is 12.7. The topological polar surface area (TPSA) is 65.3 Å². The number of benzene rings is 2. The van der Waals surface area contributed by atoms with Gasteiger partial charge in [-0.1, -0.05) is 31.0 Å². The van der Waals surface area contributed by atoms with Crippen molar-refractivity contribution in [2.75, 3.05) is 7.11 Å². The van der Waals surface area contributed by atoms with E-state index in [1.54, 1.807) is 6.92 Å². The Morgan fingerprint density at radius 1 is 1.05 bits per heavy atom. The van der Waals surface area contributed by atoms with Crippen molar-refractivity contribution < 1.29 is 26.7 Å². The number of aromatic nitrogens is 2. The molecular formula is C28H30F5N3O3. The maximum atomic E-state index is 15.3. The monoisotopic (exact) mass is 551 g/mol. The van der Waals surface area contributed by atoms with Crippen LogP contribution in [-0.4, -0.2) is 28.3 Å². The zero-order valence-electron chi connectivity index (χ0n) is 21.9. The maximum Gasteiger partial charge on any atom is 0.416 e. The molecule has 4 rings (SSSR count). The number of ether oxygens (including phenoxy) is 1. The van der Waals surface area contributed by atoms with Gasteiger partial charge in [-0.2, -0.15) is 13.2 Å². The zero-order valence-corrected chi connectivity index (χ0v) is 21.9. The molecule has 1 atom stereocenters. The molecular weight excluding hydrogens is 521 g/mol. The van der Waals surface area contributed by atoms with Crippen molar-refractivity contribution in [3.8, 4) is 16.9 Å². The molecule has 39 heavy (non-hydrogen) atoms. The molecule has 1 aliphatic rings. The molecule has 1 fully saturated rings. The fourth-order valence-electron chi connectivity index (χ4n) is 5.28. The van der Waals surface area contributed by atoms with Gasteiger partial charge in [-0.25, -0.2) is 13.6 Å². The smallest absolute Gasteiger partial charge is 0.416 e. The Labute approximate surface area is 222 Å². The fourth-order valence-corrected chi connectivity index (χ4v) is 5.28. The summed E-state index contributed by atoms with van der Waals surface area (Å²) in [5.74, 6) is -2.17. The highest BCUT2D eigenvalue weighted by Gasteiger charge is 2.35. The molecule has 0 amide bonds.